The molecule has 0 amide bonds. The van der Waals surface area contributed by atoms with Gasteiger partial charge >= 0.3 is 11.9 Å². The predicted octanol–water partition coefficient (Wildman–Crippen LogP) is 1.69. The van der Waals surface area contributed by atoms with Crippen molar-refractivity contribution in [3.63, 3.8) is 0 Å². The van der Waals surface area contributed by atoms with Crippen LogP contribution in [-0.4, -0.2) is 57.8 Å². The largest absolute Gasteiger partial charge is 0.508 e. The minimum atomic E-state index is -1.26. The molecule has 0 aliphatic rings. The highest BCUT2D eigenvalue weighted by molar-refractivity contribution is 5.89. The number of nitrogens with zero attached hydrogens (tertiary/aromatic N) is 1. The Balaban J connectivity index is 0.000000284. The predicted molar refractivity (Wildman–Crippen MR) is 86.6 cm³/mol. The van der Waals surface area contributed by atoms with Gasteiger partial charge in [-0.05, 0) is 38.2 Å². The van der Waals surface area contributed by atoms with E-state index in [1.165, 1.54) is 10.9 Å². The van der Waals surface area contributed by atoms with Crippen LogP contribution in [-0.2, 0) is 16.0 Å². The third kappa shape index (κ3) is 6.66. The fourth-order valence-electron chi connectivity index (χ4n) is 1.87. The van der Waals surface area contributed by atoms with Crippen LogP contribution in [0.25, 0.3) is 10.9 Å². The summed E-state index contributed by atoms with van der Waals surface area (Å²) >= 11 is 0. The van der Waals surface area contributed by atoms with Gasteiger partial charge < -0.3 is 25.2 Å². The maximum Gasteiger partial charge on any atom is 0.328 e. The maximum atomic E-state index is 9.55. The molecule has 0 fully saturated rings. The van der Waals surface area contributed by atoms with Crippen LogP contribution in [0.4, 0.5) is 0 Å². The zero-order chi connectivity index (χ0) is 17.4. The summed E-state index contributed by atoms with van der Waals surface area (Å²) in [5.74, 6) is -2.21. The number of aromatic nitrogens is 1. The molecule has 0 spiro atoms. The van der Waals surface area contributed by atoms with Crippen molar-refractivity contribution in [1.29, 1.82) is 0 Å². The smallest absolute Gasteiger partial charge is 0.328 e. The lowest BCUT2D eigenvalue weighted by molar-refractivity contribution is -0.134. The lowest BCUT2D eigenvalue weighted by Gasteiger charge is -2.07. The van der Waals surface area contributed by atoms with E-state index in [-0.39, 0.29) is 0 Å². The number of hydrogen-bond acceptors (Lipinski definition) is 4. The normalized spacial score (nSPS) is 10.7. The summed E-state index contributed by atoms with van der Waals surface area (Å²) in [4.78, 5) is 24.4. The van der Waals surface area contributed by atoms with Crippen molar-refractivity contribution in [2.45, 2.75) is 6.42 Å². The molecule has 0 atom stereocenters. The van der Waals surface area contributed by atoms with Crippen LogP contribution in [0, 0.1) is 0 Å². The van der Waals surface area contributed by atoms with Gasteiger partial charge in [0.25, 0.3) is 0 Å². The number of phenolic OH excluding ortho intramolecular Hbond substituents is 1. The second-order valence-electron chi connectivity index (χ2n) is 5.11. The van der Waals surface area contributed by atoms with Gasteiger partial charge in [-0.25, -0.2) is 9.59 Å². The van der Waals surface area contributed by atoms with E-state index in [4.69, 9.17) is 10.2 Å². The number of carboxylic acid groups (broad SMARTS) is 2. The number of H-pyrrole nitrogens is 1. The molecule has 0 saturated heterocycles. The minimum absolute atomic E-state index is 0.309. The molecular weight excluding hydrogens is 300 g/mol. The van der Waals surface area contributed by atoms with Crippen molar-refractivity contribution in [1.82, 2.24) is 9.88 Å². The van der Waals surface area contributed by atoms with E-state index < -0.39 is 11.9 Å². The molecule has 4 N–H and O–H groups in total. The van der Waals surface area contributed by atoms with Crippen molar-refractivity contribution in [3.05, 3.63) is 42.1 Å². The summed E-state index contributed by atoms with van der Waals surface area (Å²) < 4.78 is 0. The average molecular weight is 320 g/mol. The maximum absolute atomic E-state index is 9.55. The van der Waals surface area contributed by atoms with Crippen LogP contribution in [0.5, 0.6) is 5.75 Å². The Labute approximate surface area is 133 Å². The number of likely N-dealkylation sites (N-methyl/N-ethyl adjacent to an activating group) is 1. The van der Waals surface area contributed by atoms with Gasteiger partial charge in [-0.15, -0.1) is 0 Å². The minimum Gasteiger partial charge on any atom is -0.508 e. The molecule has 0 saturated carbocycles. The fourth-order valence-corrected chi connectivity index (χ4v) is 1.87. The third-order valence-corrected chi connectivity index (χ3v) is 2.95. The number of benzene rings is 1. The molecule has 0 radical (unpaired) electrons. The average Bonchev–Trinajstić information content (AvgIpc) is 2.85. The van der Waals surface area contributed by atoms with Gasteiger partial charge in [0.1, 0.15) is 5.75 Å². The molecule has 1 heterocycles. The second-order valence-corrected chi connectivity index (χ2v) is 5.11. The molecule has 7 heteroatoms. The van der Waals surface area contributed by atoms with E-state index in [9.17, 15) is 14.7 Å². The van der Waals surface area contributed by atoms with Crippen LogP contribution in [0.1, 0.15) is 5.56 Å². The van der Waals surface area contributed by atoms with Gasteiger partial charge in [-0.1, -0.05) is 0 Å². The van der Waals surface area contributed by atoms with Crippen molar-refractivity contribution in [2.75, 3.05) is 20.6 Å². The highest BCUT2D eigenvalue weighted by atomic mass is 16.4. The van der Waals surface area contributed by atoms with Crippen LogP contribution < -0.4 is 0 Å². The monoisotopic (exact) mass is 320 g/mol. The number of rotatable bonds is 5. The standard InChI is InChI=1S/C12H16N2O.C4H4O4/c1-14(2)6-5-9-8-13-12-7-10(15)3-4-11(9)12;5-3(6)1-2-4(7)8/h3-4,7-8,13,15H,5-6H2,1-2H3;1-2H,(H,5,6)(H,7,8)/b;2-1+. The Kier molecular flexibility index (Phi) is 6.82. The van der Waals surface area contributed by atoms with Gasteiger partial charge in [0.15, 0.2) is 0 Å². The number of carboxylic acids is 2. The lowest BCUT2D eigenvalue weighted by atomic mass is 10.1. The summed E-state index contributed by atoms with van der Waals surface area (Å²) in [6.45, 7) is 1.04. The SMILES string of the molecule is CN(C)CCc1c[nH]c2cc(O)ccc12.O=C(O)/C=C/C(=O)O. The Morgan fingerprint density at radius 1 is 1.17 bits per heavy atom. The Bertz CT molecular complexity index is 688. The van der Waals surface area contributed by atoms with E-state index in [1.54, 1.807) is 12.1 Å². The van der Waals surface area contributed by atoms with Gasteiger partial charge in [0, 0.05) is 41.9 Å². The van der Waals surface area contributed by atoms with Crippen LogP contribution in [0.2, 0.25) is 0 Å². The number of aliphatic carboxylic acids is 2. The number of aromatic amines is 1. The van der Waals surface area contributed by atoms with Gasteiger partial charge in [0.05, 0.1) is 0 Å². The highest BCUT2D eigenvalue weighted by Gasteiger charge is 2.04. The molecule has 1 aromatic carbocycles. The number of phenols is 1. The number of hydrogen-bond donors (Lipinski definition) is 4. The molecule has 2 rings (SSSR count). The van der Waals surface area contributed by atoms with E-state index in [0.717, 1.165) is 18.5 Å². The number of nitrogens with one attached hydrogen (secondary N) is 1. The van der Waals surface area contributed by atoms with E-state index in [2.05, 4.69) is 24.0 Å². The van der Waals surface area contributed by atoms with E-state index in [0.29, 0.717) is 17.9 Å². The molecule has 7 nitrogen and oxygen atoms in total. The Morgan fingerprint density at radius 2 is 1.78 bits per heavy atom. The van der Waals surface area contributed by atoms with Crippen LogP contribution in [0.15, 0.2) is 36.5 Å². The van der Waals surface area contributed by atoms with E-state index >= 15 is 0 Å². The van der Waals surface area contributed by atoms with Crippen molar-refractivity contribution in [2.24, 2.45) is 0 Å². The van der Waals surface area contributed by atoms with Crippen LogP contribution in [0.3, 0.4) is 0 Å². The quantitative estimate of drug-likeness (QED) is 0.623. The number of aromatic hydroxyl groups is 1. The second kappa shape index (κ2) is 8.60. The van der Waals surface area contributed by atoms with Crippen LogP contribution >= 0.6 is 0 Å². The van der Waals surface area contributed by atoms with Crippen molar-refractivity contribution in [3.8, 4) is 5.75 Å². The molecular formula is C16H20N2O5. The first-order valence-corrected chi connectivity index (χ1v) is 6.87. The summed E-state index contributed by atoms with van der Waals surface area (Å²) in [7, 11) is 4.14. The zero-order valence-corrected chi connectivity index (χ0v) is 13.0. The summed E-state index contributed by atoms with van der Waals surface area (Å²) in [6, 6.07) is 5.45. The topological polar surface area (TPSA) is 114 Å². The van der Waals surface area contributed by atoms with Gasteiger partial charge in [-0.3, -0.25) is 0 Å². The molecule has 0 bridgehead atoms. The molecule has 2 aromatic rings. The summed E-state index contributed by atoms with van der Waals surface area (Å²) in [6.07, 6.45) is 4.16. The Hall–Kier alpha value is -2.80. The van der Waals surface area contributed by atoms with Crippen molar-refractivity contribution >= 4 is 22.8 Å². The van der Waals surface area contributed by atoms with Gasteiger partial charge in [-0.2, -0.15) is 0 Å². The lowest BCUT2D eigenvalue weighted by Crippen LogP contribution is -2.14. The first-order chi connectivity index (χ1) is 10.8. The Morgan fingerprint density at radius 3 is 2.30 bits per heavy atom. The number of carbonyl (C=O) groups is 2. The van der Waals surface area contributed by atoms with E-state index in [1.807, 2.05) is 12.3 Å². The first-order valence-electron chi connectivity index (χ1n) is 6.87. The first kappa shape index (κ1) is 18.2. The highest BCUT2D eigenvalue weighted by Crippen LogP contribution is 2.22. The molecule has 1 aromatic heterocycles. The molecule has 23 heavy (non-hydrogen) atoms. The summed E-state index contributed by atoms with van der Waals surface area (Å²) in [5, 5.41) is 26.2. The third-order valence-electron chi connectivity index (χ3n) is 2.95. The van der Waals surface area contributed by atoms with Gasteiger partial charge in [0.2, 0.25) is 0 Å². The molecule has 0 unspecified atom stereocenters. The fraction of sp³-hybridized carbons (Fsp3) is 0.250. The molecule has 0 aliphatic heterocycles. The van der Waals surface area contributed by atoms with Crippen molar-refractivity contribution < 1.29 is 24.9 Å². The zero-order valence-electron chi connectivity index (χ0n) is 13.0. The molecule has 124 valence electrons. The number of fused-ring (bicyclic) bond motifs is 1. The molecule has 0 aliphatic carbocycles. The summed E-state index contributed by atoms with van der Waals surface area (Å²) in [5.41, 5.74) is 2.31.